The zero-order valence-electron chi connectivity index (χ0n) is 11.7. The highest BCUT2D eigenvalue weighted by atomic mass is 127. The Kier molecular flexibility index (Phi) is 5.98. The lowest BCUT2D eigenvalue weighted by atomic mass is 10.1. The van der Waals surface area contributed by atoms with Gasteiger partial charge in [0.2, 0.25) is 0 Å². The van der Waals surface area contributed by atoms with Crippen molar-refractivity contribution in [3.63, 3.8) is 0 Å². The Morgan fingerprint density at radius 1 is 1.38 bits per heavy atom. The average Bonchev–Trinajstić information content (AvgIpc) is 2.48. The summed E-state index contributed by atoms with van der Waals surface area (Å²) in [4.78, 5) is 22.6. The van der Waals surface area contributed by atoms with Crippen molar-refractivity contribution in [3.8, 4) is 0 Å². The van der Waals surface area contributed by atoms with Gasteiger partial charge in [0.1, 0.15) is 16.6 Å². The van der Waals surface area contributed by atoms with Gasteiger partial charge in [-0.25, -0.2) is 0 Å². The Bertz CT molecular complexity index is 490. The highest BCUT2D eigenvalue weighted by Gasteiger charge is 2.37. The molecule has 3 atom stereocenters. The average molecular weight is 404 g/mol. The standard InChI is InChI=1S/C15H17IO5/c1-10(17)19-9-12-7-13(14(16)15(18)21-12)20-8-11-5-3-2-4-6-11/h2-6,12-14H,7-9H2,1H3/t12-,13-,14?/m0/s1. The summed E-state index contributed by atoms with van der Waals surface area (Å²) in [5, 5.41) is 0. The smallest absolute Gasteiger partial charge is 0.321 e. The van der Waals surface area contributed by atoms with Crippen molar-refractivity contribution in [1.29, 1.82) is 0 Å². The number of hydrogen-bond donors (Lipinski definition) is 0. The lowest BCUT2D eigenvalue weighted by molar-refractivity contribution is -0.169. The minimum absolute atomic E-state index is 0.0790. The van der Waals surface area contributed by atoms with Crippen LogP contribution in [0.25, 0.3) is 0 Å². The van der Waals surface area contributed by atoms with Crippen LogP contribution in [-0.4, -0.2) is 34.7 Å². The second-order valence-electron chi connectivity index (χ2n) is 4.83. The third-order valence-corrected chi connectivity index (χ3v) is 4.42. The van der Waals surface area contributed by atoms with Crippen LogP contribution in [0.1, 0.15) is 18.9 Å². The summed E-state index contributed by atoms with van der Waals surface area (Å²) < 4.78 is 15.6. The Labute approximate surface area is 137 Å². The molecular formula is C15H17IO5. The first-order chi connectivity index (χ1) is 10.1. The van der Waals surface area contributed by atoms with E-state index in [4.69, 9.17) is 14.2 Å². The van der Waals surface area contributed by atoms with E-state index < -0.39 is 6.10 Å². The Hall–Kier alpha value is -1.15. The molecule has 1 heterocycles. The predicted octanol–water partition coefficient (Wildman–Crippen LogP) is 2.25. The van der Waals surface area contributed by atoms with Crippen molar-refractivity contribution in [2.75, 3.05) is 6.61 Å². The van der Waals surface area contributed by atoms with Crippen LogP contribution in [0.4, 0.5) is 0 Å². The van der Waals surface area contributed by atoms with Gasteiger partial charge in [-0.3, -0.25) is 9.59 Å². The van der Waals surface area contributed by atoms with Gasteiger partial charge in [-0.15, -0.1) is 0 Å². The van der Waals surface area contributed by atoms with E-state index >= 15 is 0 Å². The molecule has 0 amide bonds. The molecule has 21 heavy (non-hydrogen) atoms. The second-order valence-corrected chi connectivity index (χ2v) is 6.18. The largest absolute Gasteiger partial charge is 0.462 e. The van der Waals surface area contributed by atoms with E-state index in [0.29, 0.717) is 13.0 Å². The van der Waals surface area contributed by atoms with Gasteiger partial charge in [-0.2, -0.15) is 0 Å². The van der Waals surface area contributed by atoms with Gasteiger partial charge in [-0.1, -0.05) is 52.9 Å². The van der Waals surface area contributed by atoms with Crippen molar-refractivity contribution >= 4 is 34.5 Å². The van der Waals surface area contributed by atoms with E-state index in [1.165, 1.54) is 6.92 Å². The summed E-state index contributed by atoms with van der Waals surface area (Å²) in [5.41, 5.74) is 1.05. The molecule has 114 valence electrons. The SMILES string of the molecule is CC(=O)OC[C@@H]1C[C@H](OCc2ccccc2)C(I)C(=O)O1. The third-order valence-electron chi connectivity index (χ3n) is 3.11. The second kappa shape index (κ2) is 7.74. The van der Waals surface area contributed by atoms with E-state index in [2.05, 4.69) is 0 Å². The molecule has 1 fully saturated rings. The minimum atomic E-state index is -0.437. The molecule has 0 aliphatic carbocycles. The number of ether oxygens (including phenoxy) is 3. The van der Waals surface area contributed by atoms with Gasteiger partial charge in [0, 0.05) is 13.3 Å². The molecule has 0 bridgehead atoms. The van der Waals surface area contributed by atoms with E-state index in [0.717, 1.165) is 5.56 Å². The van der Waals surface area contributed by atoms with Crippen LogP contribution in [0.3, 0.4) is 0 Å². The molecule has 0 saturated carbocycles. The minimum Gasteiger partial charge on any atom is -0.462 e. The maximum Gasteiger partial charge on any atom is 0.321 e. The Morgan fingerprint density at radius 3 is 2.76 bits per heavy atom. The highest BCUT2D eigenvalue weighted by Crippen LogP contribution is 2.25. The predicted molar refractivity (Wildman–Crippen MR) is 84.0 cm³/mol. The van der Waals surface area contributed by atoms with Crippen molar-refractivity contribution in [1.82, 2.24) is 0 Å². The van der Waals surface area contributed by atoms with E-state index in [1.54, 1.807) is 0 Å². The molecule has 1 unspecified atom stereocenters. The van der Waals surface area contributed by atoms with Gasteiger partial charge < -0.3 is 14.2 Å². The summed E-state index contributed by atoms with van der Waals surface area (Å²) in [7, 11) is 0. The van der Waals surface area contributed by atoms with E-state index in [9.17, 15) is 9.59 Å². The van der Waals surface area contributed by atoms with Crippen LogP contribution < -0.4 is 0 Å². The molecule has 1 aromatic carbocycles. The van der Waals surface area contributed by atoms with Crippen LogP contribution in [0.15, 0.2) is 30.3 Å². The number of carbonyl (C=O) groups is 2. The molecule has 5 nitrogen and oxygen atoms in total. The molecule has 0 aromatic heterocycles. The maximum absolute atomic E-state index is 11.8. The van der Waals surface area contributed by atoms with E-state index in [1.807, 2.05) is 52.9 Å². The van der Waals surface area contributed by atoms with E-state index in [-0.39, 0.29) is 28.6 Å². The molecule has 1 saturated heterocycles. The Morgan fingerprint density at radius 2 is 2.10 bits per heavy atom. The number of halogens is 1. The summed E-state index contributed by atoms with van der Waals surface area (Å²) in [6, 6.07) is 9.77. The molecule has 0 N–H and O–H groups in total. The van der Waals surface area contributed by atoms with Gasteiger partial charge >= 0.3 is 11.9 Å². The molecule has 1 aliphatic heterocycles. The number of hydrogen-bond acceptors (Lipinski definition) is 5. The highest BCUT2D eigenvalue weighted by molar-refractivity contribution is 14.1. The summed E-state index contributed by atoms with van der Waals surface area (Å²) >= 11 is 2.03. The first-order valence-corrected chi connectivity index (χ1v) is 7.94. The first-order valence-electron chi connectivity index (χ1n) is 6.69. The van der Waals surface area contributed by atoms with Crippen molar-refractivity contribution < 1.29 is 23.8 Å². The van der Waals surface area contributed by atoms with Crippen LogP contribution in [0.5, 0.6) is 0 Å². The van der Waals surface area contributed by atoms with Crippen molar-refractivity contribution in [3.05, 3.63) is 35.9 Å². The zero-order valence-corrected chi connectivity index (χ0v) is 13.8. The molecule has 1 aliphatic rings. The lowest BCUT2D eigenvalue weighted by Gasteiger charge is -2.32. The van der Waals surface area contributed by atoms with Crippen LogP contribution in [-0.2, 0) is 30.4 Å². The molecule has 0 spiro atoms. The van der Waals surface area contributed by atoms with Crippen molar-refractivity contribution in [2.24, 2.45) is 0 Å². The van der Waals surface area contributed by atoms with Gasteiger partial charge in [0.25, 0.3) is 0 Å². The van der Waals surface area contributed by atoms with Crippen LogP contribution in [0.2, 0.25) is 0 Å². The number of rotatable bonds is 5. The van der Waals surface area contributed by atoms with Crippen LogP contribution >= 0.6 is 22.6 Å². The fourth-order valence-electron chi connectivity index (χ4n) is 2.05. The molecule has 2 rings (SSSR count). The Balaban J connectivity index is 1.90. The fourth-order valence-corrected chi connectivity index (χ4v) is 2.70. The summed E-state index contributed by atoms with van der Waals surface area (Å²) in [6.45, 7) is 1.85. The fraction of sp³-hybridized carbons (Fsp3) is 0.467. The monoisotopic (exact) mass is 404 g/mol. The zero-order chi connectivity index (χ0) is 15.2. The molecule has 6 heteroatoms. The lowest BCUT2D eigenvalue weighted by Crippen LogP contribution is -2.45. The topological polar surface area (TPSA) is 61.8 Å². The number of benzene rings is 1. The van der Waals surface area contributed by atoms with Crippen LogP contribution in [0, 0.1) is 0 Å². The number of carbonyl (C=O) groups excluding carboxylic acids is 2. The van der Waals surface area contributed by atoms with Gasteiger partial charge in [0.15, 0.2) is 0 Å². The normalized spacial score (nSPS) is 25.2. The number of esters is 2. The first kappa shape index (κ1) is 16.2. The molecule has 0 radical (unpaired) electrons. The van der Waals surface area contributed by atoms with Gasteiger partial charge in [0.05, 0.1) is 12.7 Å². The summed E-state index contributed by atoms with van der Waals surface area (Å²) in [5.74, 6) is -0.707. The summed E-state index contributed by atoms with van der Waals surface area (Å²) in [6.07, 6.45) is -0.153. The number of alkyl halides is 1. The number of cyclic esters (lactones) is 1. The third kappa shape index (κ3) is 4.96. The van der Waals surface area contributed by atoms with Crippen molar-refractivity contribution in [2.45, 2.75) is 36.1 Å². The van der Waals surface area contributed by atoms with Gasteiger partial charge in [-0.05, 0) is 5.56 Å². The molecular weight excluding hydrogens is 387 g/mol. The maximum atomic E-state index is 11.8. The quantitative estimate of drug-likeness (QED) is 0.428. The molecule has 1 aromatic rings.